The summed E-state index contributed by atoms with van der Waals surface area (Å²) in [5, 5.41) is 0. The number of carbonyl (C=O) groups excluding carboxylic acids is 1. The molecule has 4 heteroatoms. The number of ether oxygens (including phenoxy) is 1. The van der Waals surface area contributed by atoms with E-state index in [9.17, 15) is 4.79 Å². The second-order valence-electron chi connectivity index (χ2n) is 5.90. The van der Waals surface area contributed by atoms with Crippen molar-refractivity contribution >= 4 is 5.91 Å². The number of hydrogen-bond donors (Lipinski definition) is 0. The number of furan rings is 1. The first kappa shape index (κ1) is 15.1. The first-order valence-electron chi connectivity index (χ1n) is 7.49. The van der Waals surface area contributed by atoms with Crippen LogP contribution in [0.15, 0.2) is 16.7 Å². The third-order valence-electron chi connectivity index (χ3n) is 3.99. The number of rotatable bonds is 4. The summed E-state index contributed by atoms with van der Waals surface area (Å²) in [6, 6.07) is 1.80. The Balaban J connectivity index is 2.04. The summed E-state index contributed by atoms with van der Waals surface area (Å²) in [6.45, 7) is 6.54. The van der Waals surface area contributed by atoms with Crippen molar-refractivity contribution in [2.45, 2.75) is 39.0 Å². The molecule has 1 amide bonds. The Hall–Kier alpha value is -1.29. The Labute approximate surface area is 121 Å². The molecule has 20 heavy (non-hydrogen) atoms. The van der Waals surface area contributed by atoms with Gasteiger partial charge < -0.3 is 14.1 Å². The Morgan fingerprint density at radius 1 is 1.45 bits per heavy atom. The van der Waals surface area contributed by atoms with Crippen LogP contribution in [0.2, 0.25) is 0 Å². The van der Waals surface area contributed by atoms with Gasteiger partial charge in [0.1, 0.15) is 5.76 Å². The largest absolute Gasteiger partial charge is 0.468 e. The van der Waals surface area contributed by atoms with Crippen molar-refractivity contribution < 1.29 is 13.9 Å². The quantitative estimate of drug-likeness (QED) is 0.849. The van der Waals surface area contributed by atoms with E-state index < -0.39 is 0 Å². The second-order valence-corrected chi connectivity index (χ2v) is 5.90. The van der Waals surface area contributed by atoms with E-state index in [0.29, 0.717) is 5.92 Å². The van der Waals surface area contributed by atoms with Gasteiger partial charge in [0.25, 0.3) is 5.91 Å². The Bertz CT molecular complexity index is 439. The van der Waals surface area contributed by atoms with Crippen molar-refractivity contribution in [3.05, 3.63) is 23.7 Å². The van der Waals surface area contributed by atoms with Gasteiger partial charge >= 0.3 is 0 Å². The zero-order chi connectivity index (χ0) is 14.5. The van der Waals surface area contributed by atoms with Crippen LogP contribution in [0.4, 0.5) is 0 Å². The van der Waals surface area contributed by atoms with Gasteiger partial charge in [-0.2, -0.15) is 0 Å². The summed E-state index contributed by atoms with van der Waals surface area (Å²) in [7, 11) is 1.74. The van der Waals surface area contributed by atoms with E-state index in [0.717, 1.165) is 50.3 Å². The normalized spacial score (nSPS) is 20.2. The number of methoxy groups -OCH3 is 1. The Kier molecular flexibility index (Phi) is 5.24. The lowest BCUT2D eigenvalue weighted by Crippen LogP contribution is -2.32. The highest BCUT2D eigenvalue weighted by Gasteiger charge is 2.25. The minimum absolute atomic E-state index is 0.112. The third kappa shape index (κ3) is 3.42. The molecule has 0 bridgehead atoms. The van der Waals surface area contributed by atoms with Crippen molar-refractivity contribution in [2.75, 3.05) is 26.8 Å². The number of nitrogens with zero attached hydrogens (tertiary/aromatic N) is 1. The van der Waals surface area contributed by atoms with E-state index in [1.807, 2.05) is 18.7 Å². The molecule has 1 aromatic heterocycles. The maximum absolute atomic E-state index is 12.6. The van der Waals surface area contributed by atoms with Gasteiger partial charge in [-0.05, 0) is 31.2 Å². The Morgan fingerprint density at radius 2 is 2.25 bits per heavy atom. The molecule has 0 aromatic carbocycles. The molecule has 1 fully saturated rings. The van der Waals surface area contributed by atoms with Crippen molar-refractivity contribution in [1.82, 2.24) is 4.90 Å². The van der Waals surface area contributed by atoms with E-state index in [4.69, 9.17) is 9.15 Å². The van der Waals surface area contributed by atoms with E-state index in [1.165, 1.54) is 0 Å². The zero-order valence-electron chi connectivity index (χ0n) is 12.7. The molecular weight excluding hydrogens is 254 g/mol. The van der Waals surface area contributed by atoms with Crippen LogP contribution in [-0.4, -0.2) is 37.6 Å². The average molecular weight is 279 g/mol. The maximum Gasteiger partial charge on any atom is 0.257 e. The standard InChI is InChI=1S/C16H25NO3/c1-12(2)15-14(7-10-20-15)16(18)17-8-4-5-13(6-9-17)11-19-3/h7,10,12-13H,4-6,8-9,11H2,1-3H3. The van der Waals surface area contributed by atoms with Crippen molar-refractivity contribution in [3.63, 3.8) is 0 Å². The molecule has 0 aliphatic carbocycles. The number of carbonyl (C=O) groups is 1. The van der Waals surface area contributed by atoms with Gasteiger partial charge in [-0.15, -0.1) is 0 Å². The van der Waals surface area contributed by atoms with Gasteiger partial charge in [0.2, 0.25) is 0 Å². The van der Waals surface area contributed by atoms with Crippen LogP contribution < -0.4 is 0 Å². The molecule has 0 spiro atoms. The van der Waals surface area contributed by atoms with Crippen LogP contribution in [0.25, 0.3) is 0 Å². The summed E-state index contributed by atoms with van der Waals surface area (Å²) in [5.74, 6) is 1.72. The predicted octanol–water partition coefficient (Wildman–Crippen LogP) is 3.29. The van der Waals surface area contributed by atoms with Gasteiger partial charge in [0, 0.05) is 32.7 Å². The summed E-state index contributed by atoms with van der Waals surface area (Å²) in [4.78, 5) is 14.6. The molecular formula is C16H25NO3. The highest BCUT2D eigenvalue weighted by molar-refractivity contribution is 5.95. The average Bonchev–Trinajstić information content (AvgIpc) is 2.80. The van der Waals surface area contributed by atoms with Gasteiger partial charge in [-0.25, -0.2) is 0 Å². The first-order chi connectivity index (χ1) is 9.63. The van der Waals surface area contributed by atoms with Crippen LogP contribution in [0.5, 0.6) is 0 Å². The molecule has 1 atom stereocenters. The van der Waals surface area contributed by atoms with Crippen LogP contribution >= 0.6 is 0 Å². The van der Waals surface area contributed by atoms with E-state index in [1.54, 1.807) is 19.4 Å². The SMILES string of the molecule is COCC1CCCN(C(=O)c2ccoc2C(C)C)CC1. The van der Waals surface area contributed by atoms with E-state index in [-0.39, 0.29) is 11.8 Å². The van der Waals surface area contributed by atoms with Gasteiger partial charge in [0.05, 0.1) is 11.8 Å². The number of amides is 1. The molecule has 1 saturated heterocycles. The Morgan fingerprint density at radius 3 is 2.95 bits per heavy atom. The monoisotopic (exact) mass is 279 g/mol. The molecule has 1 aromatic rings. The minimum atomic E-state index is 0.112. The first-order valence-corrected chi connectivity index (χ1v) is 7.49. The molecule has 4 nitrogen and oxygen atoms in total. The van der Waals surface area contributed by atoms with Crippen molar-refractivity contribution in [3.8, 4) is 0 Å². The topological polar surface area (TPSA) is 42.7 Å². The fourth-order valence-corrected chi connectivity index (χ4v) is 2.89. The summed E-state index contributed by atoms with van der Waals surface area (Å²) >= 11 is 0. The van der Waals surface area contributed by atoms with E-state index >= 15 is 0 Å². The number of likely N-dealkylation sites (tertiary alicyclic amines) is 1. The summed E-state index contributed by atoms with van der Waals surface area (Å²) in [5.41, 5.74) is 0.727. The predicted molar refractivity (Wildman–Crippen MR) is 77.9 cm³/mol. The molecule has 0 N–H and O–H groups in total. The minimum Gasteiger partial charge on any atom is -0.468 e. The smallest absolute Gasteiger partial charge is 0.257 e. The van der Waals surface area contributed by atoms with Crippen LogP contribution in [0.3, 0.4) is 0 Å². The van der Waals surface area contributed by atoms with Crippen LogP contribution in [-0.2, 0) is 4.74 Å². The second kappa shape index (κ2) is 6.93. The highest BCUT2D eigenvalue weighted by atomic mass is 16.5. The van der Waals surface area contributed by atoms with Gasteiger partial charge in [-0.3, -0.25) is 4.79 Å². The molecule has 0 saturated carbocycles. The molecule has 1 unspecified atom stereocenters. The van der Waals surface area contributed by atoms with Crippen LogP contribution in [0, 0.1) is 5.92 Å². The fraction of sp³-hybridized carbons (Fsp3) is 0.688. The number of hydrogen-bond acceptors (Lipinski definition) is 3. The maximum atomic E-state index is 12.6. The highest BCUT2D eigenvalue weighted by Crippen LogP contribution is 2.24. The lowest BCUT2D eigenvalue weighted by Gasteiger charge is -2.21. The summed E-state index contributed by atoms with van der Waals surface area (Å²) < 4.78 is 10.7. The third-order valence-corrected chi connectivity index (χ3v) is 3.99. The van der Waals surface area contributed by atoms with Gasteiger partial charge in [-0.1, -0.05) is 13.8 Å². The zero-order valence-corrected chi connectivity index (χ0v) is 12.7. The van der Waals surface area contributed by atoms with Crippen molar-refractivity contribution in [1.29, 1.82) is 0 Å². The lowest BCUT2D eigenvalue weighted by molar-refractivity contribution is 0.0752. The summed E-state index contributed by atoms with van der Waals surface area (Å²) in [6.07, 6.45) is 4.83. The molecule has 1 aliphatic rings. The lowest BCUT2D eigenvalue weighted by atomic mass is 10.0. The molecule has 112 valence electrons. The molecule has 2 rings (SSSR count). The fourth-order valence-electron chi connectivity index (χ4n) is 2.89. The van der Waals surface area contributed by atoms with Crippen LogP contribution in [0.1, 0.15) is 55.1 Å². The van der Waals surface area contributed by atoms with Crippen molar-refractivity contribution in [2.24, 2.45) is 5.92 Å². The molecule has 0 radical (unpaired) electrons. The van der Waals surface area contributed by atoms with Gasteiger partial charge in [0.15, 0.2) is 0 Å². The molecule has 1 aliphatic heterocycles. The molecule has 2 heterocycles. The van der Waals surface area contributed by atoms with E-state index in [2.05, 4.69) is 0 Å².